The molecule has 0 spiro atoms. The fourth-order valence-electron chi connectivity index (χ4n) is 1.77. The lowest BCUT2D eigenvalue weighted by Gasteiger charge is -2.10. The zero-order chi connectivity index (χ0) is 14.3. The molecule has 0 saturated carbocycles. The fraction of sp³-hybridized carbons (Fsp3) is 0.562. The largest absolute Gasteiger partial charge is 0.396 e. The van der Waals surface area contributed by atoms with Crippen molar-refractivity contribution in [2.75, 3.05) is 13.2 Å². The fourth-order valence-corrected chi connectivity index (χ4v) is 1.77. The van der Waals surface area contributed by atoms with Gasteiger partial charge in [0.1, 0.15) is 0 Å². The molecule has 0 aromatic heterocycles. The van der Waals surface area contributed by atoms with Crippen LogP contribution < -0.4 is 5.32 Å². The molecule has 1 amide bonds. The van der Waals surface area contributed by atoms with E-state index in [1.807, 2.05) is 6.92 Å². The summed E-state index contributed by atoms with van der Waals surface area (Å²) in [7, 11) is 0. The van der Waals surface area contributed by atoms with E-state index in [1.165, 1.54) is 11.1 Å². The van der Waals surface area contributed by atoms with Gasteiger partial charge >= 0.3 is 0 Å². The van der Waals surface area contributed by atoms with E-state index in [2.05, 4.69) is 43.4 Å². The molecule has 0 aliphatic carbocycles. The summed E-state index contributed by atoms with van der Waals surface area (Å²) >= 11 is 0. The summed E-state index contributed by atoms with van der Waals surface area (Å²) < 4.78 is 0. The molecule has 0 aliphatic rings. The summed E-state index contributed by atoms with van der Waals surface area (Å²) in [6.07, 6.45) is 1.26. The number of rotatable bonds is 7. The summed E-state index contributed by atoms with van der Waals surface area (Å²) in [5.74, 6) is 0.708. The van der Waals surface area contributed by atoms with Crippen LogP contribution in [0.25, 0.3) is 0 Å². The number of aryl methyl sites for hydroxylation is 1. The van der Waals surface area contributed by atoms with Crippen molar-refractivity contribution >= 4 is 5.91 Å². The Kier molecular flexibility index (Phi) is 6.57. The molecule has 0 bridgehead atoms. The highest BCUT2D eigenvalue weighted by Crippen LogP contribution is 2.15. The zero-order valence-electron chi connectivity index (χ0n) is 12.1. The Morgan fingerprint density at radius 1 is 1.21 bits per heavy atom. The average Bonchev–Trinajstić information content (AvgIpc) is 2.42. The summed E-state index contributed by atoms with van der Waals surface area (Å²) in [6, 6.07) is 8.45. The van der Waals surface area contributed by atoms with E-state index in [4.69, 9.17) is 5.11 Å². The molecule has 19 heavy (non-hydrogen) atoms. The van der Waals surface area contributed by atoms with E-state index in [9.17, 15) is 4.79 Å². The van der Waals surface area contributed by atoms with E-state index in [1.54, 1.807) is 0 Å². The first kappa shape index (κ1) is 15.7. The number of nitrogens with one attached hydrogen (secondary N) is 1. The highest BCUT2D eigenvalue weighted by molar-refractivity contribution is 5.76. The van der Waals surface area contributed by atoms with Gasteiger partial charge < -0.3 is 10.4 Å². The molecule has 0 saturated heterocycles. The maximum atomic E-state index is 11.6. The number of hydrogen-bond donors (Lipinski definition) is 2. The predicted molar refractivity (Wildman–Crippen MR) is 78.1 cm³/mol. The molecular weight excluding hydrogens is 238 g/mol. The van der Waals surface area contributed by atoms with E-state index in [0.29, 0.717) is 18.9 Å². The third-order valence-corrected chi connectivity index (χ3v) is 3.25. The van der Waals surface area contributed by atoms with Crippen LogP contribution in [0.5, 0.6) is 0 Å². The van der Waals surface area contributed by atoms with Gasteiger partial charge in [0.05, 0.1) is 0 Å². The van der Waals surface area contributed by atoms with Crippen molar-refractivity contribution in [1.29, 1.82) is 0 Å². The Morgan fingerprint density at radius 3 is 2.37 bits per heavy atom. The summed E-state index contributed by atoms with van der Waals surface area (Å²) in [6.45, 7) is 6.90. The van der Waals surface area contributed by atoms with Gasteiger partial charge in [-0.05, 0) is 29.4 Å². The first-order valence-corrected chi connectivity index (χ1v) is 6.99. The van der Waals surface area contributed by atoms with Crippen molar-refractivity contribution in [1.82, 2.24) is 5.32 Å². The molecule has 106 valence electrons. The lowest BCUT2D eigenvalue weighted by Crippen LogP contribution is -2.29. The van der Waals surface area contributed by atoms with E-state index in [0.717, 1.165) is 6.42 Å². The molecule has 0 aliphatic heterocycles. The molecular formula is C16H25NO2. The molecule has 1 aromatic carbocycles. The summed E-state index contributed by atoms with van der Waals surface area (Å²) in [5, 5.41) is 11.7. The van der Waals surface area contributed by atoms with Gasteiger partial charge in [0.25, 0.3) is 0 Å². The van der Waals surface area contributed by atoms with Gasteiger partial charge in [-0.1, -0.05) is 45.0 Å². The lowest BCUT2D eigenvalue weighted by molar-refractivity contribution is -0.121. The Morgan fingerprint density at radius 2 is 1.84 bits per heavy atom. The number of carbonyl (C=O) groups excluding carboxylic acids is 1. The first-order valence-electron chi connectivity index (χ1n) is 6.99. The molecule has 0 fully saturated rings. The second-order valence-electron chi connectivity index (χ2n) is 5.49. The van der Waals surface area contributed by atoms with Gasteiger partial charge in [0.2, 0.25) is 5.91 Å². The van der Waals surface area contributed by atoms with Crippen LogP contribution in [0.2, 0.25) is 0 Å². The minimum absolute atomic E-state index is 0.0493. The maximum absolute atomic E-state index is 11.6. The normalized spacial score (nSPS) is 12.5. The maximum Gasteiger partial charge on any atom is 0.220 e. The lowest BCUT2D eigenvalue weighted by atomic mass is 10.0. The molecule has 1 atom stereocenters. The van der Waals surface area contributed by atoms with Gasteiger partial charge in [-0.3, -0.25) is 4.79 Å². The number of aliphatic hydroxyl groups excluding tert-OH is 1. The van der Waals surface area contributed by atoms with Crippen molar-refractivity contribution in [3.63, 3.8) is 0 Å². The van der Waals surface area contributed by atoms with Crippen LogP contribution in [-0.4, -0.2) is 24.2 Å². The van der Waals surface area contributed by atoms with E-state index in [-0.39, 0.29) is 18.4 Å². The van der Waals surface area contributed by atoms with E-state index < -0.39 is 0 Å². The molecule has 1 rings (SSSR count). The third kappa shape index (κ3) is 5.88. The van der Waals surface area contributed by atoms with Crippen LogP contribution >= 0.6 is 0 Å². The monoisotopic (exact) mass is 263 g/mol. The van der Waals surface area contributed by atoms with Crippen LogP contribution in [-0.2, 0) is 11.2 Å². The Hall–Kier alpha value is -1.35. The quantitative estimate of drug-likeness (QED) is 0.794. The Balaban J connectivity index is 2.33. The van der Waals surface area contributed by atoms with Crippen molar-refractivity contribution in [2.45, 2.75) is 39.5 Å². The van der Waals surface area contributed by atoms with Crippen molar-refractivity contribution in [3.05, 3.63) is 35.4 Å². The van der Waals surface area contributed by atoms with Crippen molar-refractivity contribution < 1.29 is 9.90 Å². The Labute approximate surface area is 116 Å². The van der Waals surface area contributed by atoms with Gasteiger partial charge in [-0.25, -0.2) is 0 Å². The molecule has 3 nitrogen and oxygen atoms in total. The molecule has 0 radical (unpaired) electrons. The average molecular weight is 263 g/mol. The van der Waals surface area contributed by atoms with Gasteiger partial charge in [0, 0.05) is 19.6 Å². The number of hydrogen-bond acceptors (Lipinski definition) is 2. The van der Waals surface area contributed by atoms with Crippen LogP contribution in [0.15, 0.2) is 24.3 Å². The minimum Gasteiger partial charge on any atom is -0.396 e. The predicted octanol–water partition coefficient (Wildman–Crippen LogP) is 2.49. The molecule has 1 unspecified atom stereocenters. The van der Waals surface area contributed by atoms with Crippen LogP contribution in [0.4, 0.5) is 0 Å². The molecule has 0 heterocycles. The topological polar surface area (TPSA) is 49.3 Å². The Bertz CT molecular complexity index is 384. The van der Waals surface area contributed by atoms with Crippen LogP contribution in [0.3, 0.4) is 0 Å². The second-order valence-corrected chi connectivity index (χ2v) is 5.49. The number of amides is 1. The second kappa shape index (κ2) is 7.95. The highest BCUT2D eigenvalue weighted by atomic mass is 16.3. The third-order valence-electron chi connectivity index (χ3n) is 3.25. The van der Waals surface area contributed by atoms with Crippen LogP contribution in [0, 0.1) is 5.92 Å². The van der Waals surface area contributed by atoms with Crippen molar-refractivity contribution in [3.8, 4) is 0 Å². The molecule has 1 aromatic rings. The molecule has 3 heteroatoms. The number of carbonyl (C=O) groups is 1. The summed E-state index contributed by atoms with van der Waals surface area (Å²) in [4.78, 5) is 11.6. The van der Waals surface area contributed by atoms with E-state index >= 15 is 0 Å². The number of benzene rings is 1. The first-order chi connectivity index (χ1) is 9.02. The summed E-state index contributed by atoms with van der Waals surface area (Å²) in [5.41, 5.74) is 2.51. The smallest absolute Gasteiger partial charge is 0.220 e. The van der Waals surface area contributed by atoms with Crippen molar-refractivity contribution in [2.24, 2.45) is 5.92 Å². The molecule has 2 N–H and O–H groups in total. The minimum atomic E-state index is 0.0493. The van der Waals surface area contributed by atoms with Gasteiger partial charge in [-0.15, -0.1) is 0 Å². The number of aliphatic hydroxyl groups is 1. The standard InChI is InChI=1S/C16H25NO2/c1-12(2)15-7-4-14(5-8-15)6-9-16(19)17-10-13(3)11-18/h4-5,7-8,12-13,18H,6,9-11H2,1-3H3,(H,17,19). The van der Waals surface area contributed by atoms with Crippen LogP contribution in [0.1, 0.15) is 44.2 Å². The highest BCUT2D eigenvalue weighted by Gasteiger charge is 2.05. The zero-order valence-corrected chi connectivity index (χ0v) is 12.1. The van der Waals surface area contributed by atoms with Gasteiger partial charge in [-0.2, -0.15) is 0 Å². The van der Waals surface area contributed by atoms with Gasteiger partial charge in [0.15, 0.2) is 0 Å². The SMILES string of the molecule is CC(CO)CNC(=O)CCc1ccc(C(C)C)cc1.